The van der Waals surface area contributed by atoms with Crippen LogP contribution in [-0.4, -0.2) is 32.8 Å². The summed E-state index contributed by atoms with van der Waals surface area (Å²) in [5.41, 5.74) is 1.22. The fraction of sp³-hybridized carbons (Fsp3) is 0.375. The zero-order valence-corrected chi connectivity index (χ0v) is 15.2. The first-order valence-electron chi connectivity index (χ1n) is 7.78. The van der Waals surface area contributed by atoms with Crippen LogP contribution in [0.4, 0.5) is 0 Å². The van der Waals surface area contributed by atoms with Crippen LogP contribution in [0.5, 0.6) is 5.88 Å². The van der Waals surface area contributed by atoms with Crippen LogP contribution in [0.15, 0.2) is 28.7 Å². The minimum absolute atomic E-state index is 0.129. The summed E-state index contributed by atoms with van der Waals surface area (Å²) in [6.07, 6.45) is 2.47. The van der Waals surface area contributed by atoms with Crippen LogP contribution < -0.4 is 4.90 Å². The summed E-state index contributed by atoms with van der Waals surface area (Å²) < 4.78 is 2.63. The number of halogens is 1. The fourth-order valence-electron chi connectivity index (χ4n) is 3.41. The maximum absolute atomic E-state index is 10.7. The van der Waals surface area contributed by atoms with Crippen LogP contribution in [0, 0.1) is 6.92 Å². The molecule has 0 radical (unpaired) electrons. The normalized spacial score (nSPS) is 17.1. The molecule has 120 valence electrons. The summed E-state index contributed by atoms with van der Waals surface area (Å²) in [5.74, 6) is 0.917. The van der Waals surface area contributed by atoms with Gasteiger partial charge >= 0.3 is 0 Å². The van der Waals surface area contributed by atoms with Gasteiger partial charge in [0.15, 0.2) is 6.04 Å². The molecule has 7 heteroatoms. The Morgan fingerprint density at radius 1 is 1.35 bits per heavy atom. The Hall–Kier alpha value is -1.44. The van der Waals surface area contributed by atoms with E-state index in [1.807, 2.05) is 13.0 Å². The lowest BCUT2D eigenvalue weighted by molar-refractivity contribution is -0.913. The van der Waals surface area contributed by atoms with Crippen molar-refractivity contribution in [2.75, 3.05) is 13.1 Å². The van der Waals surface area contributed by atoms with Gasteiger partial charge in [0.2, 0.25) is 10.8 Å². The average Bonchev–Trinajstić information content (AvgIpc) is 3.21. The molecule has 3 aromatic rings. The summed E-state index contributed by atoms with van der Waals surface area (Å²) in [6.45, 7) is 4.10. The Balaban J connectivity index is 1.86. The van der Waals surface area contributed by atoms with Gasteiger partial charge in [-0.3, -0.25) is 0 Å². The molecule has 1 aliphatic heterocycles. The minimum Gasteiger partial charge on any atom is -0.492 e. The van der Waals surface area contributed by atoms with Crippen molar-refractivity contribution in [2.45, 2.75) is 25.8 Å². The Kier molecular flexibility index (Phi) is 3.87. The first-order valence-corrected chi connectivity index (χ1v) is 9.39. The number of benzene rings is 1. The van der Waals surface area contributed by atoms with E-state index in [9.17, 15) is 5.11 Å². The van der Waals surface area contributed by atoms with E-state index in [1.165, 1.54) is 23.3 Å². The number of likely N-dealkylation sites (tertiary alicyclic amines) is 1. The van der Waals surface area contributed by atoms with Crippen molar-refractivity contribution >= 4 is 32.2 Å². The third-order valence-electron chi connectivity index (χ3n) is 4.40. The maximum Gasteiger partial charge on any atom is 0.235 e. The van der Waals surface area contributed by atoms with Gasteiger partial charge in [0, 0.05) is 22.9 Å². The molecule has 5 nitrogen and oxygen atoms in total. The molecule has 0 amide bonds. The number of aromatic nitrogens is 3. The SMILES string of the molecule is Cc1nc2sc([C@H](c3cccc(Br)c3)[NH+]3CCCC3)c(O)n2n1. The van der Waals surface area contributed by atoms with E-state index in [4.69, 9.17) is 0 Å². The Bertz CT molecular complexity index is 853. The number of quaternary nitrogens is 1. The van der Waals surface area contributed by atoms with Gasteiger partial charge in [0.05, 0.1) is 13.1 Å². The molecule has 0 bridgehead atoms. The highest BCUT2D eigenvalue weighted by Crippen LogP contribution is 2.35. The molecule has 1 saturated heterocycles. The fourth-order valence-corrected chi connectivity index (χ4v) is 5.02. The van der Waals surface area contributed by atoms with Gasteiger partial charge in [-0.25, -0.2) is 4.98 Å². The predicted octanol–water partition coefficient (Wildman–Crippen LogP) is 2.34. The highest BCUT2D eigenvalue weighted by Gasteiger charge is 2.34. The minimum atomic E-state index is 0.129. The molecular formula is C16H18BrN4OS+. The second-order valence-corrected chi connectivity index (χ2v) is 7.92. The molecule has 1 fully saturated rings. The van der Waals surface area contributed by atoms with Crippen LogP contribution in [-0.2, 0) is 0 Å². The van der Waals surface area contributed by atoms with Crippen molar-refractivity contribution in [2.24, 2.45) is 0 Å². The van der Waals surface area contributed by atoms with E-state index in [-0.39, 0.29) is 11.9 Å². The summed E-state index contributed by atoms with van der Waals surface area (Å²) >= 11 is 5.11. The zero-order chi connectivity index (χ0) is 16.0. The molecule has 1 atom stereocenters. The molecule has 0 aliphatic carbocycles. The standard InChI is InChI=1S/C16H17BrN4OS/c1-10-18-16-21(19-10)15(22)14(23-16)13(20-7-2-3-8-20)11-5-4-6-12(17)9-11/h4-6,9,13,22H,2-3,7-8H2,1H3/p+1/t13-/m0/s1. The molecule has 1 aromatic carbocycles. The lowest BCUT2D eigenvalue weighted by Gasteiger charge is -2.24. The van der Waals surface area contributed by atoms with Gasteiger partial charge < -0.3 is 10.0 Å². The summed E-state index contributed by atoms with van der Waals surface area (Å²) in [6, 6.07) is 8.51. The molecular weight excluding hydrogens is 376 g/mol. The molecule has 0 unspecified atom stereocenters. The predicted molar refractivity (Wildman–Crippen MR) is 93.2 cm³/mol. The summed E-state index contributed by atoms with van der Waals surface area (Å²) in [5, 5.41) is 15.0. The van der Waals surface area contributed by atoms with Crippen molar-refractivity contribution in [3.05, 3.63) is 45.0 Å². The Labute approximate surface area is 146 Å². The number of hydrogen-bond acceptors (Lipinski definition) is 4. The van der Waals surface area contributed by atoms with Crippen molar-refractivity contribution in [3.8, 4) is 5.88 Å². The van der Waals surface area contributed by atoms with E-state index in [1.54, 1.807) is 15.9 Å². The monoisotopic (exact) mass is 393 g/mol. The van der Waals surface area contributed by atoms with Crippen LogP contribution in [0.25, 0.3) is 4.96 Å². The quantitative estimate of drug-likeness (QED) is 0.717. The lowest BCUT2D eigenvalue weighted by Crippen LogP contribution is -3.10. The maximum atomic E-state index is 10.7. The molecule has 3 heterocycles. The molecule has 2 N–H and O–H groups in total. The number of aryl methyl sites for hydroxylation is 1. The van der Waals surface area contributed by atoms with Crippen molar-refractivity contribution < 1.29 is 10.0 Å². The number of rotatable bonds is 3. The van der Waals surface area contributed by atoms with Crippen LogP contribution in [0.2, 0.25) is 0 Å². The molecule has 0 spiro atoms. The summed E-state index contributed by atoms with van der Waals surface area (Å²) in [7, 11) is 0. The zero-order valence-electron chi connectivity index (χ0n) is 12.8. The van der Waals surface area contributed by atoms with E-state index in [0.29, 0.717) is 5.82 Å². The topological polar surface area (TPSA) is 54.9 Å². The summed E-state index contributed by atoms with van der Waals surface area (Å²) in [4.78, 5) is 7.62. The molecule has 23 heavy (non-hydrogen) atoms. The highest BCUT2D eigenvalue weighted by atomic mass is 79.9. The lowest BCUT2D eigenvalue weighted by atomic mass is 10.0. The van der Waals surface area contributed by atoms with Crippen LogP contribution >= 0.6 is 27.3 Å². The van der Waals surface area contributed by atoms with Gasteiger partial charge in [-0.2, -0.15) is 4.52 Å². The van der Waals surface area contributed by atoms with Crippen molar-refractivity contribution in [1.29, 1.82) is 0 Å². The van der Waals surface area contributed by atoms with Gasteiger partial charge in [-0.15, -0.1) is 5.10 Å². The number of aromatic hydroxyl groups is 1. The highest BCUT2D eigenvalue weighted by molar-refractivity contribution is 9.10. The van der Waals surface area contributed by atoms with Gasteiger partial charge in [-0.05, 0) is 19.1 Å². The van der Waals surface area contributed by atoms with Gasteiger partial charge in [0.1, 0.15) is 10.7 Å². The number of nitrogens with one attached hydrogen (secondary N) is 1. The van der Waals surface area contributed by atoms with E-state index in [2.05, 4.69) is 44.2 Å². The van der Waals surface area contributed by atoms with E-state index in [0.717, 1.165) is 27.4 Å². The Morgan fingerprint density at radius 2 is 2.13 bits per heavy atom. The van der Waals surface area contributed by atoms with Crippen LogP contribution in [0.3, 0.4) is 0 Å². The van der Waals surface area contributed by atoms with Crippen LogP contribution in [0.1, 0.15) is 35.1 Å². The van der Waals surface area contributed by atoms with Gasteiger partial charge in [0.25, 0.3) is 0 Å². The smallest absolute Gasteiger partial charge is 0.235 e. The largest absolute Gasteiger partial charge is 0.492 e. The molecule has 2 aromatic heterocycles. The Morgan fingerprint density at radius 3 is 2.83 bits per heavy atom. The number of hydrogen-bond donors (Lipinski definition) is 2. The second kappa shape index (κ2) is 5.89. The number of nitrogens with zero attached hydrogens (tertiary/aromatic N) is 3. The molecule has 4 rings (SSSR count). The first-order chi connectivity index (χ1) is 11.1. The second-order valence-electron chi connectivity index (χ2n) is 6.00. The third-order valence-corrected chi connectivity index (χ3v) is 5.98. The van der Waals surface area contributed by atoms with E-state index >= 15 is 0 Å². The number of fused-ring (bicyclic) bond motifs is 1. The number of thiazole rings is 1. The van der Waals surface area contributed by atoms with Gasteiger partial charge in [-0.1, -0.05) is 39.4 Å². The molecule has 0 saturated carbocycles. The first kappa shape index (κ1) is 15.1. The van der Waals surface area contributed by atoms with Crippen molar-refractivity contribution in [3.63, 3.8) is 0 Å². The average molecular weight is 394 g/mol. The van der Waals surface area contributed by atoms with E-state index < -0.39 is 0 Å². The van der Waals surface area contributed by atoms with Crippen molar-refractivity contribution in [1.82, 2.24) is 14.6 Å². The molecule has 1 aliphatic rings. The third kappa shape index (κ3) is 2.66.